The van der Waals surface area contributed by atoms with Crippen molar-refractivity contribution in [2.75, 3.05) is 17.6 Å². The second-order valence-corrected chi connectivity index (χ2v) is 12.1. The summed E-state index contributed by atoms with van der Waals surface area (Å²) in [5.41, 5.74) is 2.50. The Morgan fingerprint density at radius 2 is 1.57 bits per heavy atom. The van der Waals surface area contributed by atoms with Crippen LogP contribution in [0.1, 0.15) is 76.1 Å². The summed E-state index contributed by atoms with van der Waals surface area (Å²) in [6, 6.07) is 17.7. The third-order valence-electron chi connectivity index (χ3n) is 7.10. The molecule has 8 heteroatoms. The maximum atomic E-state index is 14.3. The Morgan fingerprint density at radius 1 is 0.905 bits per heavy atom. The summed E-state index contributed by atoms with van der Waals surface area (Å²) in [4.78, 5) is 42.8. The van der Waals surface area contributed by atoms with Crippen LogP contribution in [0, 0.1) is 13.8 Å². The van der Waals surface area contributed by atoms with Gasteiger partial charge in [0.15, 0.2) is 0 Å². The summed E-state index contributed by atoms with van der Waals surface area (Å²) in [5, 5.41) is 7.85. The zero-order valence-corrected chi connectivity index (χ0v) is 26.6. The van der Waals surface area contributed by atoms with Crippen molar-refractivity contribution in [2.45, 2.75) is 84.9 Å². The van der Waals surface area contributed by atoms with Crippen LogP contribution in [-0.4, -0.2) is 46.7 Å². The monoisotopic (exact) mass is 591 g/mol. The minimum absolute atomic E-state index is 0.0509. The fraction of sp³-hybridized carbons (Fsp3) is 0.441. The summed E-state index contributed by atoms with van der Waals surface area (Å²) in [5.74, 6) is -0.648. The number of anilines is 1. The molecule has 0 aliphatic carbocycles. The highest BCUT2D eigenvalue weighted by Gasteiger charge is 2.37. The van der Waals surface area contributed by atoms with E-state index in [1.54, 1.807) is 25.7 Å². The van der Waals surface area contributed by atoms with E-state index < -0.39 is 23.8 Å². The van der Waals surface area contributed by atoms with Gasteiger partial charge in [-0.05, 0) is 80.6 Å². The minimum atomic E-state index is -0.977. The first kappa shape index (κ1) is 33.0. The number of hydrogen-bond acceptors (Lipinski definition) is 5. The van der Waals surface area contributed by atoms with E-state index in [9.17, 15) is 14.4 Å². The van der Waals surface area contributed by atoms with Crippen molar-refractivity contribution in [3.8, 4) is 0 Å². The Bertz CT molecular complexity index is 1360. The van der Waals surface area contributed by atoms with Gasteiger partial charge in [-0.3, -0.25) is 9.59 Å². The van der Waals surface area contributed by atoms with Crippen LogP contribution in [-0.2, 0) is 14.3 Å². The normalized spacial score (nSPS) is 12.8. The number of unbranched alkanes of at least 4 members (excludes halogenated alkanes) is 3. The van der Waals surface area contributed by atoms with Crippen molar-refractivity contribution in [1.82, 2.24) is 10.2 Å². The van der Waals surface area contributed by atoms with Crippen LogP contribution >= 0.6 is 12.6 Å². The second-order valence-electron chi connectivity index (χ2n) is 11.7. The number of benzene rings is 3. The Hall–Kier alpha value is -3.52. The number of aryl methyl sites for hydroxylation is 2. The number of rotatable bonds is 12. The van der Waals surface area contributed by atoms with Gasteiger partial charge in [-0.15, -0.1) is 0 Å². The van der Waals surface area contributed by atoms with Crippen LogP contribution in [0.2, 0.25) is 0 Å². The molecule has 0 radical (unpaired) electrons. The van der Waals surface area contributed by atoms with Crippen LogP contribution in [0.15, 0.2) is 60.7 Å². The quantitative estimate of drug-likeness (QED) is 0.152. The zero-order chi connectivity index (χ0) is 30.9. The molecule has 0 aliphatic rings. The number of hydrogen-bond donors (Lipinski definition) is 3. The van der Waals surface area contributed by atoms with Gasteiger partial charge in [-0.1, -0.05) is 74.7 Å². The number of nitrogens with one attached hydrogen (secondary N) is 2. The fourth-order valence-electron chi connectivity index (χ4n) is 5.08. The molecule has 3 rings (SSSR count). The Kier molecular flexibility index (Phi) is 11.9. The van der Waals surface area contributed by atoms with Gasteiger partial charge in [0.25, 0.3) is 5.91 Å². The number of fused-ring (bicyclic) bond motifs is 1. The van der Waals surface area contributed by atoms with E-state index in [2.05, 4.69) is 30.2 Å². The fourth-order valence-corrected chi connectivity index (χ4v) is 5.32. The van der Waals surface area contributed by atoms with Gasteiger partial charge < -0.3 is 20.3 Å². The van der Waals surface area contributed by atoms with Gasteiger partial charge in [0.1, 0.15) is 17.7 Å². The molecule has 42 heavy (non-hydrogen) atoms. The van der Waals surface area contributed by atoms with Gasteiger partial charge in [0.2, 0.25) is 5.91 Å². The molecule has 0 aromatic heterocycles. The SMILES string of the molecule is CCCCCCN(C(=O)C(CS)NC(=O)OC(C)(C)C)C(C(=O)Nc1ccc2ccccc2c1)c1c(C)cccc1C. The number of ether oxygens (including phenoxy) is 1. The maximum Gasteiger partial charge on any atom is 0.408 e. The average Bonchev–Trinajstić information content (AvgIpc) is 2.93. The molecule has 0 saturated carbocycles. The molecule has 0 fully saturated rings. The summed E-state index contributed by atoms with van der Waals surface area (Å²) >= 11 is 4.40. The molecule has 7 nitrogen and oxygen atoms in total. The number of carbonyl (C=O) groups is 3. The molecule has 3 aromatic carbocycles. The zero-order valence-electron chi connectivity index (χ0n) is 25.7. The lowest BCUT2D eigenvalue weighted by molar-refractivity contribution is -0.140. The summed E-state index contributed by atoms with van der Waals surface area (Å²) < 4.78 is 5.42. The molecule has 0 spiro atoms. The van der Waals surface area contributed by atoms with Crippen molar-refractivity contribution in [3.05, 3.63) is 77.4 Å². The Balaban J connectivity index is 2.04. The highest BCUT2D eigenvalue weighted by atomic mass is 32.1. The summed E-state index contributed by atoms with van der Waals surface area (Å²) in [6.45, 7) is 11.7. The van der Waals surface area contributed by atoms with Crippen molar-refractivity contribution in [3.63, 3.8) is 0 Å². The van der Waals surface area contributed by atoms with Crippen LogP contribution in [0.3, 0.4) is 0 Å². The number of alkyl carbamates (subject to hydrolysis) is 1. The first-order chi connectivity index (χ1) is 19.9. The third kappa shape index (κ3) is 8.99. The molecule has 0 saturated heterocycles. The predicted molar refractivity (Wildman–Crippen MR) is 174 cm³/mol. The van der Waals surface area contributed by atoms with Crippen molar-refractivity contribution >= 4 is 47.0 Å². The van der Waals surface area contributed by atoms with E-state index in [1.807, 2.05) is 74.5 Å². The molecule has 226 valence electrons. The molecule has 2 atom stereocenters. The lowest BCUT2D eigenvalue weighted by atomic mass is 9.93. The van der Waals surface area contributed by atoms with Crippen molar-refractivity contribution in [1.29, 1.82) is 0 Å². The van der Waals surface area contributed by atoms with E-state index in [4.69, 9.17) is 4.74 Å². The molecular formula is C34H45N3O4S. The lowest BCUT2D eigenvalue weighted by Crippen LogP contribution is -2.53. The molecule has 3 amide bonds. The first-order valence-corrected chi connectivity index (χ1v) is 15.3. The van der Waals surface area contributed by atoms with Gasteiger partial charge in [0, 0.05) is 18.0 Å². The number of nitrogens with zero attached hydrogens (tertiary/aromatic N) is 1. The largest absolute Gasteiger partial charge is 0.444 e. The highest BCUT2D eigenvalue weighted by molar-refractivity contribution is 7.80. The maximum absolute atomic E-state index is 14.3. The molecule has 0 heterocycles. The summed E-state index contributed by atoms with van der Waals surface area (Å²) in [6.07, 6.45) is 2.99. The van der Waals surface area contributed by atoms with Gasteiger partial charge in [-0.2, -0.15) is 12.6 Å². The van der Waals surface area contributed by atoms with Crippen LogP contribution in [0.5, 0.6) is 0 Å². The van der Waals surface area contributed by atoms with Gasteiger partial charge in [0.05, 0.1) is 0 Å². The molecule has 2 unspecified atom stereocenters. The molecule has 2 N–H and O–H groups in total. The second kappa shape index (κ2) is 15.1. The topological polar surface area (TPSA) is 87.7 Å². The van der Waals surface area contributed by atoms with Gasteiger partial charge >= 0.3 is 6.09 Å². The van der Waals surface area contributed by atoms with Crippen LogP contribution in [0.25, 0.3) is 10.8 Å². The van der Waals surface area contributed by atoms with Crippen molar-refractivity contribution in [2.24, 2.45) is 0 Å². The van der Waals surface area contributed by atoms with E-state index >= 15 is 0 Å². The van der Waals surface area contributed by atoms with E-state index in [1.165, 1.54) is 0 Å². The summed E-state index contributed by atoms with van der Waals surface area (Å²) in [7, 11) is 0. The standard InChI is InChI=1S/C34H45N3O4S/c1-7-8-9-12-20-37(32(39)28(22-42)36-33(40)41-34(4,5)6)30(29-23(2)14-13-15-24(29)3)31(38)35-27-19-18-25-16-10-11-17-26(25)21-27/h10-11,13-19,21,28,30,42H,7-9,12,20,22H2,1-6H3,(H,35,38)(H,36,40). The van der Waals surface area contributed by atoms with E-state index in [0.29, 0.717) is 12.2 Å². The first-order valence-electron chi connectivity index (χ1n) is 14.7. The van der Waals surface area contributed by atoms with Crippen LogP contribution < -0.4 is 10.6 Å². The molecule has 0 bridgehead atoms. The number of amides is 3. The van der Waals surface area contributed by atoms with Gasteiger partial charge in [-0.25, -0.2) is 4.79 Å². The molecule has 3 aromatic rings. The van der Waals surface area contributed by atoms with Crippen LogP contribution in [0.4, 0.5) is 10.5 Å². The Morgan fingerprint density at radius 3 is 2.19 bits per heavy atom. The molecule has 0 aliphatic heterocycles. The lowest BCUT2D eigenvalue weighted by Gasteiger charge is -2.35. The minimum Gasteiger partial charge on any atom is -0.444 e. The third-order valence-corrected chi connectivity index (χ3v) is 7.47. The number of carbonyl (C=O) groups excluding carboxylic acids is 3. The number of thiol groups is 1. The Labute approximate surface area is 255 Å². The highest BCUT2D eigenvalue weighted by Crippen LogP contribution is 2.31. The average molecular weight is 592 g/mol. The smallest absolute Gasteiger partial charge is 0.408 e. The molecular weight excluding hydrogens is 546 g/mol. The van der Waals surface area contributed by atoms with Crippen molar-refractivity contribution < 1.29 is 19.1 Å². The van der Waals surface area contributed by atoms with E-state index in [-0.39, 0.29) is 17.6 Å². The van der Waals surface area contributed by atoms with E-state index in [0.717, 1.165) is 53.1 Å². The predicted octanol–water partition coefficient (Wildman–Crippen LogP) is 7.37.